The van der Waals surface area contributed by atoms with Crippen molar-refractivity contribution in [3.05, 3.63) is 119 Å². The van der Waals surface area contributed by atoms with E-state index in [2.05, 4.69) is 46.9 Å². The Kier molecular flexibility index (Phi) is 8.44. The molecule has 0 spiro atoms. The van der Waals surface area contributed by atoms with Crippen LogP contribution in [-0.4, -0.2) is 36.4 Å². The average molecular weight is 501 g/mol. The van der Waals surface area contributed by atoms with E-state index in [9.17, 15) is 4.79 Å². The molecule has 0 unspecified atom stereocenters. The van der Waals surface area contributed by atoms with Crippen molar-refractivity contribution in [1.29, 1.82) is 0 Å². The van der Waals surface area contributed by atoms with Gasteiger partial charge in [0, 0.05) is 11.9 Å². The molecule has 1 aromatic heterocycles. The van der Waals surface area contributed by atoms with E-state index in [1.54, 1.807) is 12.3 Å². The van der Waals surface area contributed by atoms with Gasteiger partial charge in [-0.15, -0.1) is 11.3 Å². The first-order valence-corrected chi connectivity index (χ1v) is 12.5. The first kappa shape index (κ1) is 25.1. The van der Waals surface area contributed by atoms with Crippen molar-refractivity contribution in [2.24, 2.45) is 10.9 Å². The molecular formula is C28H28N4O3S. The molecule has 0 saturated carbocycles. The highest BCUT2D eigenvalue weighted by molar-refractivity contribution is 7.14. The number of nitrogens with zero attached hydrogens (tertiary/aromatic N) is 2. The van der Waals surface area contributed by atoms with Gasteiger partial charge in [-0.2, -0.15) is 0 Å². The molecule has 1 heterocycles. The van der Waals surface area contributed by atoms with Crippen LogP contribution < -0.4 is 11.1 Å². The van der Waals surface area contributed by atoms with Gasteiger partial charge in [-0.05, 0) is 23.6 Å². The summed E-state index contributed by atoms with van der Waals surface area (Å²) in [7, 11) is 0. The smallest absolute Gasteiger partial charge is 0.362 e. The van der Waals surface area contributed by atoms with Gasteiger partial charge in [0.25, 0.3) is 0 Å². The van der Waals surface area contributed by atoms with Crippen LogP contribution in [0.25, 0.3) is 0 Å². The zero-order valence-corrected chi connectivity index (χ0v) is 20.8. The van der Waals surface area contributed by atoms with Crippen LogP contribution in [0.4, 0.5) is 5.13 Å². The number of thiazole rings is 1. The summed E-state index contributed by atoms with van der Waals surface area (Å²) in [5.41, 5.74) is 8.25. The highest BCUT2D eigenvalue weighted by Gasteiger charge is 2.37. The zero-order chi connectivity index (χ0) is 25.2. The van der Waals surface area contributed by atoms with Crippen molar-refractivity contribution in [2.45, 2.75) is 12.5 Å². The Morgan fingerprint density at radius 1 is 0.944 bits per heavy atom. The Morgan fingerprint density at radius 2 is 1.47 bits per heavy atom. The van der Waals surface area contributed by atoms with Crippen LogP contribution in [0.3, 0.4) is 0 Å². The van der Waals surface area contributed by atoms with Crippen molar-refractivity contribution in [1.82, 2.24) is 4.98 Å². The molecule has 0 atom stereocenters. The second-order valence-electron chi connectivity index (χ2n) is 7.79. The van der Waals surface area contributed by atoms with E-state index >= 15 is 0 Å². The van der Waals surface area contributed by atoms with Crippen LogP contribution >= 0.6 is 11.3 Å². The summed E-state index contributed by atoms with van der Waals surface area (Å²) in [6.07, 6.45) is 0. The number of aromatic nitrogens is 1. The Morgan fingerprint density at radius 3 is 1.94 bits per heavy atom. The maximum absolute atomic E-state index is 12.6. The molecule has 0 aliphatic carbocycles. The second kappa shape index (κ2) is 12.1. The first-order valence-electron chi connectivity index (χ1n) is 11.7. The number of benzene rings is 3. The predicted octanol–water partition coefficient (Wildman–Crippen LogP) is 4.79. The number of anilines is 1. The lowest BCUT2D eigenvalue weighted by Crippen LogP contribution is -2.38. The van der Waals surface area contributed by atoms with Gasteiger partial charge in [-0.3, -0.25) is 0 Å². The van der Waals surface area contributed by atoms with E-state index in [1.165, 1.54) is 11.3 Å². The molecule has 4 aromatic rings. The molecule has 184 valence electrons. The van der Waals surface area contributed by atoms with E-state index in [0.29, 0.717) is 10.8 Å². The molecular weight excluding hydrogens is 472 g/mol. The van der Waals surface area contributed by atoms with E-state index in [-0.39, 0.29) is 25.5 Å². The van der Waals surface area contributed by atoms with Crippen LogP contribution in [0.15, 0.2) is 102 Å². The molecule has 3 N–H and O–H groups in total. The maximum atomic E-state index is 12.6. The van der Waals surface area contributed by atoms with Crippen LogP contribution in [-0.2, 0) is 19.9 Å². The number of carbonyl (C=O) groups excluding carboxylic acids is 1. The third-order valence-electron chi connectivity index (χ3n) is 5.50. The number of oxime groups is 1. The van der Waals surface area contributed by atoms with Crippen LogP contribution in [0.5, 0.6) is 0 Å². The van der Waals surface area contributed by atoms with Gasteiger partial charge in [0.15, 0.2) is 5.13 Å². The topological polar surface area (TPSA) is 98.8 Å². The molecule has 0 radical (unpaired) electrons. The molecule has 4 rings (SSSR count). The molecule has 0 amide bonds. The number of nitrogens with one attached hydrogen (secondary N) is 1. The Hall–Kier alpha value is -4.01. The minimum Gasteiger partial charge on any atom is -0.461 e. The number of esters is 1. The standard InChI is InChI=1S/C28H28N4O3S/c1-2-34-26(33)25(32-35-19-18-29)24-20-36-27(30-24)31-28(21-12-6-3-7-13-21,22-14-8-4-9-15-22)23-16-10-5-11-17-23/h3-17,20H,2,18-19,29H2,1H3,(H,30,31)/b32-25-. The summed E-state index contributed by atoms with van der Waals surface area (Å²) >= 11 is 1.37. The lowest BCUT2D eigenvalue weighted by atomic mass is 9.77. The summed E-state index contributed by atoms with van der Waals surface area (Å²) < 4.78 is 5.17. The molecule has 36 heavy (non-hydrogen) atoms. The fraction of sp³-hybridized carbons (Fsp3) is 0.179. The third-order valence-corrected chi connectivity index (χ3v) is 6.25. The van der Waals surface area contributed by atoms with Gasteiger partial charge in [0.2, 0.25) is 5.71 Å². The fourth-order valence-corrected chi connectivity index (χ4v) is 4.68. The van der Waals surface area contributed by atoms with Gasteiger partial charge >= 0.3 is 5.97 Å². The molecule has 0 aliphatic rings. The number of carbonyl (C=O) groups is 1. The molecule has 0 bridgehead atoms. The molecule has 0 saturated heterocycles. The van der Waals surface area contributed by atoms with Crippen LogP contribution in [0.1, 0.15) is 29.3 Å². The summed E-state index contributed by atoms with van der Waals surface area (Å²) in [6, 6.07) is 30.6. The van der Waals surface area contributed by atoms with E-state index in [1.807, 2.05) is 54.6 Å². The second-order valence-corrected chi connectivity index (χ2v) is 8.65. The number of hydrogen-bond donors (Lipinski definition) is 2. The Balaban J connectivity index is 1.82. The minimum absolute atomic E-state index is 0.000617. The summed E-state index contributed by atoms with van der Waals surface area (Å²) in [5.74, 6) is -0.605. The highest BCUT2D eigenvalue weighted by atomic mass is 32.1. The summed E-state index contributed by atoms with van der Waals surface area (Å²) in [6.45, 7) is 2.40. The van der Waals surface area contributed by atoms with Crippen LogP contribution in [0.2, 0.25) is 0 Å². The van der Waals surface area contributed by atoms with Gasteiger partial charge < -0.3 is 20.6 Å². The quantitative estimate of drug-likeness (QED) is 0.101. The third kappa shape index (κ3) is 5.45. The predicted molar refractivity (Wildman–Crippen MR) is 143 cm³/mol. The largest absolute Gasteiger partial charge is 0.461 e. The van der Waals surface area contributed by atoms with Crippen molar-refractivity contribution in [2.75, 3.05) is 25.1 Å². The SMILES string of the molecule is CCOC(=O)/C(=N\OCCN)c1csc(NC(c2ccccc2)(c2ccccc2)c2ccccc2)n1. The van der Waals surface area contributed by atoms with E-state index < -0.39 is 11.5 Å². The fourth-order valence-electron chi connectivity index (χ4n) is 3.93. The Bertz CT molecular complexity index is 1180. The monoisotopic (exact) mass is 500 g/mol. The zero-order valence-electron chi connectivity index (χ0n) is 20.0. The molecule has 0 fully saturated rings. The summed E-state index contributed by atoms with van der Waals surface area (Å²) in [5, 5.41) is 10.0. The van der Waals surface area contributed by atoms with Crippen molar-refractivity contribution < 1.29 is 14.4 Å². The van der Waals surface area contributed by atoms with E-state index in [0.717, 1.165) is 16.7 Å². The Labute approximate surface area is 214 Å². The minimum atomic E-state index is -0.740. The number of nitrogens with two attached hydrogens (primary N) is 1. The van der Waals surface area contributed by atoms with Crippen molar-refractivity contribution in [3.63, 3.8) is 0 Å². The van der Waals surface area contributed by atoms with Crippen molar-refractivity contribution in [3.8, 4) is 0 Å². The normalized spacial score (nSPS) is 11.7. The lowest BCUT2D eigenvalue weighted by molar-refractivity contribution is -0.135. The highest BCUT2D eigenvalue weighted by Crippen LogP contribution is 2.40. The van der Waals surface area contributed by atoms with Gasteiger partial charge in [0.05, 0.1) is 6.61 Å². The van der Waals surface area contributed by atoms with Gasteiger partial charge in [0.1, 0.15) is 17.8 Å². The molecule has 7 nitrogen and oxygen atoms in total. The first-order chi connectivity index (χ1) is 17.7. The van der Waals surface area contributed by atoms with E-state index in [4.69, 9.17) is 20.3 Å². The summed E-state index contributed by atoms with van der Waals surface area (Å²) in [4.78, 5) is 22.5. The molecule has 0 aliphatic heterocycles. The molecule has 8 heteroatoms. The maximum Gasteiger partial charge on any atom is 0.362 e. The number of hydrogen-bond acceptors (Lipinski definition) is 8. The molecule has 3 aromatic carbocycles. The van der Waals surface area contributed by atoms with Gasteiger partial charge in [-0.25, -0.2) is 9.78 Å². The number of ether oxygens (including phenoxy) is 1. The average Bonchev–Trinajstić information content (AvgIpc) is 3.39. The lowest BCUT2D eigenvalue weighted by Gasteiger charge is -2.36. The van der Waals surface area contributed by atoms with Crippen molar-refractivity contribution >= 4 is 28.1 Å². The number of rotatable bonds is 11. The van der Waals surface area contributed by atoms with Crippen LogP contribution in [0, 0.1) is 0 Å². The van der Waals surface area contributed by atoms with Gasteiger partial charge in [-0.1, -0.05) is 96.2 Å².